The fraction of sp³-hybridized carbons (Fsp3) is 0.524. The first-order chi connectivity index (χ1) is 13.4. The van der Waals surface area contributed by atoms with E-state index in [0.29, 0.717) is 30.2 Å². The molecular formula is C21H27N3O4. The lowest BCUT2D eigenvalue weighted by Gasteiger charge is -2.23. The first-order valence-corrected chi connectivity index (χ1v) is 9.92. The molecule has 3 rings (SSSR count). The van der Waals surface area contributed by atoms with Crippen molar-refractivity contribution in [3.05, 3.63) is 40.3 Å². The summed E-state index contributed by atoms with van der Waals surface area (Å²) in [5.74, 6) is -1.71. The Morgan fingerprint density at radius 2 is 1.86 bits per heavy atom. The van der Waals surface area contributed by atoms with Crippen LogP contribution in [0.3, 0.4) is 0 Å². The number of nitrogens with zero attached hydrogens (tertiary/aromatic N) is 2. The largest absolute Gasteiger partial charge is 0.481 e. The summed E-state index contributed by atoms with van der Waals surface area (Å²) in [7, 11) is 0. The summed E-state index contributed by atoms with van der Waals surface area (Å²) in [6.07, 6.45) is 3.89. The molecule has 28 heavy (non-hydrogen) atoms. The highest BCUT2D eigenvalue weighted by molar-refractivity contribution is 6.05. The Morgan fingerprint density at radius 1 is 1.18 bits per heavy atom. The van der Waals surface area contributed by atoms with E-state index in [-0.39, 0.29) is 17.2 Å². The smallest absolute Gasteiger partial charge is 0.308 e. The van der Waals surface area contributed by atoms with Gasteiger partial charge in [0.15, 0.2) is 5.69 Å². The minimum atomic E-state index is -0.880. The number of carboxylic acid groups (broad SMARTS) is 1. The van der Waals surface area contributed by atoms with Crippen LogP contribution in [0.15, 0.2) is 29.1 Å². The van der Waals surface area contributed by atoms with Crippen LogP contribution in [0.4, 0.5) is 0 Å². The predicted molar refractivity (Wildman–Crippen MR) is 106 cm³/mol. The molecule has 2 N–H and O–H groups in total. The van der Waals surface area contributed by atoms with Gasteiger partial charge >= 0.3 is 5.97 Å². The van der Waals surface area contributed by atoms with Crippen LogP contribution in [0.5, 0.6) is 0 Å². The maximum absolute atomic E-state index is 13.1. The Hall–Kier alpha value is -2.70. The molecule has 1 aliphatic carbocycles. The molecule has 1 amide bonds. The van der Waals surface area contributed by atoms with Crippen molar-refractivity contribution in [1.29, 1.82) is 0 Å². The van der Waals surface area contributed by atoms with Crippen LogP contribution in [-0.2, 0) is 11.3 Å². The van der Waals surface area contributed by atoms with Crippen LogP contribution in [0.2, 0.25) is 0 Å². The summed E-state index contributed by atoms with van der Waals surface area (Å²) in [5.41, 5.74) is -0.0528. The van der Waals surface area contributed by atoms with Crippen molar-refractivity contribution in [1.82, 2.24) is 15.1 Å². The van der Waals surface area contributed by atoms with E-state index in [1.807, 2.05) is 13.8 Å². The number of aromatic nitrogens is 2. The summed E-state index contributed by atoms with van der Waals surface area (Å²) in [5, 5.41) is 17.7. The maximum atomic E-state index is 13.1. The number of carbonyl (C=O) groups excluding carboxylic acids is 1. The molecule has 0 aliphatic heterocycles. The maximum Gasteiger partial charge on any atom is 0.308 e. The van der Waals surface area contributed by atoms with Crippen molar-refractivity contribution in [3.63, 3.8) is 0 Å². The van der Waals surface area contributed by atoms with E-state index in [1.165, 1.54) is 4.68 Å². The fourth-order valence-electron chi connectivity index (χ4n) is 3.89. The molecule has 1 fully saturated rings. The van der Waals surface area contributed by atoms with Crippen molar-refractivity contribution in [3.8, 4) is 0 Å². The quantitative estimate of drug-likeness (QED) is 0.771. The van der Waals surface area contributed by atoms with Crippen LogP contribution in [0, 0.1) is 11.8 Å². The average molecular weight is 385 g/mol. The molecule has 0 unspecified atom stereocenters. The highest BCUT2D eigenvalue weighted by Gasteiger charge is 2.31. The molecule has 0 radical (unpaired) electrons. The Morgan fingerprint density at radius 3 is 2.54 bits per heavy atom. The van der Waals surface area contributed by atoms with Gasteiger partial charge < -0.3 is 10.4 Å². The molecule has 0 saturated heterocycles. The number of carbonyl (C=O) groups is 2. The second-order valence-electron chi connectivity index (χ2n) is 7.94. The molecule has 7 heteroatoms. The van der Waals surface area contributed by atoms with Crippen molar-refractivity contribution >= 4 is 22.6 Å². The molecule has 1 saturated carbocycles. The second kappa shape index (κ2) is 8.54. The molecule has 1 aromatic carbocycles. The average Bonchev–Trinajstić information content (AvgIpc) is 2.89. The van der Waals surface area contributed by atoms with Gasteiger partial charge in [-0.3, -0.25) is 14.4 Å². The number of nitrogens with one attached hydrogen (secondary N) is 1. The summed E-state index contributed by atoms with van der Waals surface area (Å²) in [6, 6.07) is 6.49. The van der Waals surface area contributed by atoms with Gasteiger partial charge in [-0.05, 0) is 24.8 Å². The lowest BCUT2D eigenvalue weighted by Crippen LogP contribution is -2.43. The molecule has 2 aromatic rings. The molecule has 150 valence electrons. The normalized spacial score (nSPS) is 20.1. The zero-order valence-corrected chi connectivity index (χ0v) is 16.4. The number of carboxylic acids is 1. The predicted octanol–water partition coefficient (Wildman–Crippen LogP) is 2.82. The van der Waals surface area contributed by atoms with E-state index in [4.69, 9.17) is 0 Å². The molecule has 2 atom stereocenters. The van der Waals surface area contributed by atoms with E-state index in [2.05, 4.69) is 10.4 Å². The van der Waals surface area contributed by atoms with Crippen LogP contribution < -0.4 is 10.9 Å². The summed E-state index contributed by atoms with van der Waals surface area (Å²) in [4.78, 5) is 37.4. The van der Waals surface area contributed by atoms with Crippen molar-refractivity contribution < 1.29 is 14.7 Å². The number of amides is 1. The number of rotatable bonds is 5. The van der Waals surface area contributed by atoms with E-state index in [0.717, 1.165) is 19.3 Å². The van der Waals surface area contributed by atoms with Crippen molar-refractivity contribution in [2.45, 2.75) is 58.5 Å². The number of benzene rings is 1. The lowest BCUT2D eigenvalue weighted by atomic mass is 9.94. The third kappa shape index (κ3) is 4.24. The zero-order valence-electron chi connectivity index (χ0n) is 16.4. The van der Waals surface area contributed by atoms with Gasteiger partial charge in [0.2, 0.25) is 0 Å². The van der Waals surface area contributed by atoms with Gasteiger partial charge in [-0.1, -0.05) is 51.3 Å². The van der Waals surface area contributed by atoms with E-state index < -0.39 is 23.8 Å². The highest BCUT2D eigenvalue weighted by Crippen LogP contribution is 2.24. The van der Waals surface area contributed by atoms with Gasteiger partial charge in [0.25, 0.3) is 11.5 Å². The van der Waals surface area contributed by atoms with Gasteiger partial charge in [0, 0.05) is 18.0 Å². The Balaban J connectivity index is 1.99. The first-order valence-electron chi connectivity index (χ1n) is 9.92. The molecule has 1 heterocycles. The molecule has 1 aliphatic rings. The van der Waals surface area contributed by atoms with Gasteiger partial charge in [0.05, 0.1) is 11.3 Å². The fourth-order valence-corrected chi connectivity index (χ4v) is 3.89. The van der Waals surface area contributed by atoms with Crippen molar-refractivity contribution in [2.24, 2.45) is 11.8 Å². The summed E-state index contributed by atoms with van der Waals surface area (Å²) in [6.45, 7) is 4.36. The van der Waals surface area contributed by atoms with E-state index >= 15 is 0 Å². The summed E-state index contributed by atoms with van der Waals surface area (Å²) < 4.78 is 1.34. The van der Waals surface area contributed by atoms with Crippen molar-refractivity contribution in [2.75, 3.05) is 0 Å². The lowest BCUT2D eigenvalue weighted by molar-refractivity contribution is -0.142. The third-order valence-electron chi connectivity index (χ3n) is 5.27. The molecule has 1 aromatic heterocycles. The topological polar surface area (TPSA) is 101 Å². The highest BCUT2D eigenvalue weighted by atomic mass is 16.4. The third-order valence-corrected chi connectivity index (χ3v) is 5.27. The van der Waals surface area contributed by atoms with Crippen LogP contribution in [0.1, 0.15) is 56.4 Å². The first kappa shape index (κ1) is 20.0. The van der Waals surface area contributed by atoms with Crippen LogP contribution in [0.25, 0.3) is 10.8 Å². The van der Waals surface area contributed by atoms with E-state index in [9.17, 15) is 19.5 Å². The molecule has 0 bridgehead atoms. The van der Waals surface area contributed by atoms with E-state index in [1.54, 1.807) is 24.3 Å². The van der Waals surface area contributed by atoms with Crippen LogP contribution in [-0.4, -0.2) is 32.8 Å². The molecule has 0 spiro atoms. The molecular weight excluding hydrogens is 358 g/mol. The minimum absolute atomic E-state index is 0.171. The van der Waals surface area contributed by atoms with Gasteiger partial charge in [-0.25, -0.2) is 4.68 Å². The Kier molecular flexibility index (Phi) is 6.11. The van der Waals surface area contributed by atoms with Gasteiger partial charge in [0.1, 0.15) is 0 Å². The van der Waals surface area contributed by atoms with Crippen LogP contribution >= 0.6 is 0 Å². The molecule has 7 nitrogen and oxygen atoms in total. The minimum Gasteiger partial charge on any atom is -0.481 e. The number of hydrogen-bond donors (Lipinski definition) is 2. The Bertz CT molecular complexity index is 935. The number of fused-ring (bicyclic) bond motifs is 1. The SMILES string of the molecule is CC(C)Cn1nc(C(=O)N[C@H]2CCCCC[C@H]2C(=O)O)c2ccccc2c1=O. The Labute approximate surface area is 163 Å². The monoisotopic (exact) mass is 385 g/mol. The number of hydrogen-bond acceptors (Lipinski definition) is 4. The number of aliphatic carboxylic acids is 1. The van der Waals surface area contributed by atoms with Gasteiger partial charge in [-0.2, -0.15) is 5.10 Å². The van der Waals surface area contributed by atoms with Gasteiger partial charge in [-0.15, -0.1) is 0 Å². The second-order valence-corrected chi connectivity index (χ2v) is 7.94. The summed E-state index contributed by atoms with van der Waals surface area (Å²) >= 11 is 0. The zero-order chi connectivity index (χ0) is 20.3. The standard InChI is InChI=1S/C21H27N3O4/c1-13(2)12-24-20(26)15-9-7-6-8-14(15)18(23-24)19(25)22-17-11-5-3-4-10-16(17)21(27)28/h6-9,13,16-17H,3-5,10-12H2,1-2H3,(H,22,25)(H,27,28)/t16-,17+/m1/s1.